The zero-order chi connectivity index (χ0) is 15.1. The minimum atomic E-state index is -3.87. The lowest BCUT2D eigenvalue weighted by molar-refractivity contribution is 0.461. The molecule has 0 bridgehead atoms. The van der Waals surface area contributed by atoms with Gasteiger partial charge in [-0.3, -0.25) is 9.36 Å². The summed E-state index contributed by atoms with van der Waals surface area (Å²) >= 11 is 0. The van der Waals surface area contributed by atoms with E-state index in [1.54, 1.807) is 7.05 Å². The molecule has 21 heavy (non-hydrogen) atoms. The molecule has 1 aromatic rings. The molecule has 2 rings (SSSR count). The van der Waals surface area contributed by atoms with Gasteiger partial charge in [-0.05, 0) is 13.5 Å². The highest BCUT2D eigenvalue weighted by Gasteiger charge is 2.34. The molecule has 1 aliphatic rings. The van der Waals surface area contributed by atoms with Gasteiger partial charge < -0.3 is 9.88 Å². The molecule has 1 atom stereocenters. The Kier molecular flexibility index (Phi) is 5.37. The van der Waals surface area contributed by atoms with Crippen molar-refractivity contribution in [2.45, 2.75) is 17.4 Å². The molecule has 0 aromatic carbocycles. The van der Waals surface area contributed by atoms with Crippen molar-refractivity contribution in [1.29, 1.82) is 0 Å². The summed E-state index contributed by atoms with van der Waals surface area (Å²) in [6.45, 7) is 0.685. The molecule has 0 saturated carbocycles. The van der Waals surface area contributed by atoms with E-state index in [1.807, 2.05) is 0 Å². The molecule has 1 N–H and O–H groups in total. The maximum atomic E-state index is 12.5. The first-order valence-electron chi connectivity index (χ1n) is 6.23. The minimum absolute atomic E-state index is 0. The Morgan fingerprint density at radius 1 is 1.29 bits per heavy atom. The third kappa shape index (κ3) is 3.05. The highest BCUT2D eigenvalue weighted by atomic mass is 35.5. The van der Waals surface area contributed by atoms with Gasteiger partial charge in [-0.1, -0.05) is 0 Å². The summed E-state index contributed by atoms with van der Waals surface area (Å²) in [4.78, 5) is 23.3. The maximum Gasteiger partial charge on any atom is 0.330 e. The fraction of sp³-hybridized carbons (Fsp3) is 0.636. The molecule has 1 aromatic heterocycles. The van der Waals surface area contributed by atoms with Crippen molar-refractivity contribution in [3.05, 3.63) is 27.0 Å². The van der Waals surface area contributed by atoms with E-state index in [-0.39, 0.29) is 23.3 Å². The molecule has 120 valence electrons. The third-order valence-corrected chi connectivity index (χ3v) is 5.44. The van der Waals surface area contributed by atoms with Gasteiger partial charge in [-0.2, -0.15) is 4.31 Å². The van der Waals surface area contributed by atoms with E-state index >= 15 is 0 Å². The van der Waals surface area contributed by atoms with Crippen LogP contribution in [-0.4, -0.2) is 48.0 Å². The van der Waals surface area contributed by atoms with Crippen molar-refractivity contribution >= 4 is 22.4 Å². The number of halogens is 1. The van der Waals surface area contributed by atoms with Gasteiger partial charge in [0.15, 0.2) is 4.90 Å². The highest BCUT2D eigenvalue weighted by Crippen LogP contribution is 2.18. The SMILES string of the molecule is CNC1CCN(S(=O)(=O)c2cn(C)c(=O)n(C)c2=O)C1.Cl. The van der Waals surface area contributed by atoms with Crippen LogP contribution in [0.4, 0.5) is 0 Å². The standard InChI is InChI=1S/C11H18N4O4S.ClH/c1-12-8-4-5-15(6-8)20(18,19)9-7-13(2)11(17)14(3)10(9)16;/h7-8,12H,4-6H2,1-3H3;1H. The van der Waals surface area contributed by atoms with Gasteiger partial charge in [0, 0.05) is 39.4 Å². The molecule has 10 heteroatoms. The van der Waals surface area contributed by atoms with E-state index in [0.29, 0.717) is 19.5 Å². The fourth-order valence-corrected chi connectivity index (χ4v) is 3.92. The maximum absolute atomic E-state index is 12.5. The Morgan fingerprint density at radius 3 is 2.43 bits per heavy atom. The Balaban J connectivity index is 0.00000220. The second kappa shape index (κ2) is 6.30. The molecular formula is C11H19ClN4O4S. The van der Waals surface area contributed by atoms with E-state index in [1.165, 1.54) is 18.4 Å². The topological polar surface area (TPSA) is 93.4 Å². The van der Waals surface area contributed by atoms with Crippen molar-refractivity contribution in [3.63, 3.8) is 0 Å². The van der Waals surface area contributed by atoms with Crippen molar-refractivity contribution in [2.24, 2.45) is 14.1 Å². The second-order valence-corrected chi connectivity index (χ2v) is 6.79. The van der Waals surface area contributed by atoms with Crippen LogP contribution in [0, 0.1) is 0 Å². The first kappa shape index (κ1) is 17.9. The Morgan fingerprint density at radius 2 is 1.90 bits per heavy atom. The van der Waals surface area contributed by atoms with Crippen LogP contribution in [0.3, 0.4) is 0 Å². The molecule has 1 unspecified atom stereocenters. The smallest absolute Gasteiger partial charge is 0.316 e. The average Bonchev–Trinajstić information content (AvgIpc) is 2.90. The number of sulfonamides is 1. The van der Waals surface area contributed by atoms with E-state index in [4.69, 9.17) is 0 Å². The van der Waals surface area contributed by atoms with Crippen molar-refractivity contribution in [3.8, 4) is 0 Å². The molecule has 0 aliphatic carbocycles. The lowest BCUT2D eigenvalue weighted by atomic mass is 10.3. The summed E-state index contributed by atoms with van der Waals surface area (Å²) in [6, 6.07) is 0.0844. The van der Waals surface area contributed by atoms with Crippen LogP contribution in [0.1, 0.15) is 6.42 Å². The number of nitrogens with one attached hydrogen (secondary N) is 1. The zero-order valence-electron chi connectivity index (χ0n) is 12.1. The largest absolute Gasteiger partial charge is 0.330 e. The first-order valence-corrected chi connectivity index (χ1v) is 7.67. The predicted octanol–water partition coefficient (Wildman–Crippen LogP) is -1.51. The van der Waals surface area contributed by atoms with E-state index in [9.17, 15) is 18.0 Å². The van der Waals surface area contributed by atoms with Gasteiger partial charge in [0.2, 0.25) is 10.0 Å². The summed E-state index contributed by atoms with van der Waals surface area (Å²) in [5, 5.41) is 3.02. The molecule has 2 heterocycles. The monoisotopic (exact) mass is 338 g/mol. The number of hydrogen-bond donors (Lipinski definition) is 1. The van der Waals surface area contributed by atoms with Crippen LogP contribution in [-0.2, 0) is 24.1 Å². The normalized spacial score (nSPS) is 19.5. The fourth-order valence-electron chi connectivity index (χ4n) is 2.27. The van der Waals surface area contributed by atoms with Crippen LogP contribution in [0.2, 0.25) is 0 Å². The third-order valence-electron chi connectivity index (χ3n) is 3.59. The number of nitrogens with zero attached hydrogens (tertiary/aromatic N) is 3. The molecule has 1 aliphatic heterocycles. The van der Waals surface area contributed by atoms with Gasteiger partial charge in [-0.25, -0.2) is 13.2 Å². The number of rotatable bonds is 3. The van der Waals surface area contributed by atoms with Crippen LogP contribution in [0.25, 0.3) is 0 Å². The molecular weight excluding hydrogens is 320 g/mol. The summed E-state index contributed by atoms with van der Waals surface area (Å²) in [7, 11) is 0.582. The molecule has 1 fully saturated rings. The van der Waals surface area contributed by atoms with Gasteiger partial charge in [0.1, 0.15) is 0 Å². The number of aryl methyl sites for hydroxylation is 1. The average molecular weight is 339 g/mol. The molecule has 0 radical (unpaired) electrons. The Labute approximate surface area is 128 Å². The minimum Gasteiger partial charge on any atom is -0.316 e. The summed E-state index contributed by atoms with van der Waals surface area (Å²) in [5.74, 6) is 0. The van der Waals surface area contributed by atoms with Crippen molar-refractivity contribution in [1.82, 2.24) is 18.8 Å². The van der Waals surface area contributed by atoms with Crippen LogP contribution >= 0.6 is 12.4 Å². The number of hydrogen-bond acceptors (Lipinski definition) is 5. The van der Waals surface area contributed by atoms with Crippen LogP contribution < -0.4 is 16.6 Å². The molecule has 8 nitrogen and oxygen atoms in total. The second-order valence-electron chi connectivity index (χ2n) is 4.89. The Bertz CT molecular complexity index is 740. The van der Waals surface area contributed by atoms with Gasteiger partial charge >= 0.3 is 5.69 Å². The number of likely N-dealkylation sites (N-methyl/N-ethyl adjacent to an activating group) is 1. The highest BCUT2D eigenvalue weighted by molar-refractivity contribution is 7.89. The quantitative estimate of drug-likeness (QED) is 0.723. The van der Waals surface area contributed by atoms with Crippen molar-refractivity contribution < 1.29 is 8.42 Å². The predicted molar refractivity (Wildman–Crippen MR) is 80.4 cm³/mol. The first-order chi connectivity index (χ1) is 9.28. The van der Waals surface area contributed by atoms with E-state index < -0.39 is 21.3 Å². The van der Waals surface area contributed by atoms with Crippen LogP contribution in [0.15, 0.2) is 20.7 Å². The van der Waals surface area contributed by atoms with E-state index in [2.05, 4.69) is 5.32 Å². The van der Waals surface area contributed by atoms with Crippen molar-refractivity contribution in [2.75, 3.05) is 20.1 Å². The van der Waals surface area contributed by atoms with Gasteiger partial charge in [0.25, 0.3) is 5.56 Å². The Hall–Kier alpha value is -1.16. The summed E-state index contributed by atoms with van der Waals surface area (Å²) < 4.78 is 28.2. The summed E-state index contributed by atoms with van der Waals surface area (Å²) in [6.07, 6.45) is 1.79. The van der Waals surface area contributed by atoms with Crippen LogP contribution in [0.5, 0.6) is 0 Å². The zero-order valence-corrected chi connectivity index (χ0v) is 13.7. The lowest BCUT2D eigenvalue weighted by Crippen LogP contribution is -2.42. The molecule has 0 amide bonds. The number of aromatic nitrogens is 2. The molecule has 0 spiro atoms. The van der Waals surface area contributed by atoms with Gasteiger partial charge in [-0.15, -0.1) is 12.4 Å². The lowest BCUT2D eigenvalue weighted by Gasteiger charge is -2.17. The summed E-state index contributed by atoms with van der Waals surface area (Å²) in [5.41, 5.74) is -1.34. The van der Waals surface area contributed by atoms with Gasteiger partial charge in [0.05, 0.1) is 0 Å². The van der Waals surface area contributed by atoms with E-state index in [0.717, 1.165) is 15.3 Å². The molecule has 1 saturated heterocycles.